The number of benzene rings is 2. The minimum absolute atomic E-state index is 0.0748. The first kappa shape index (κ1) is 18.3. The van der Waals surface area contributed by atoms with Gasteiger partial charge in [0.2, 0.25) is 5.91 Å². The monoisotopic (exact) mass is 374 g/mol. The number of nitrogens with one attached hydrogen (secondary N) is 1. The average molecular weight is 374 g/mol. The highest BCUT2D eigenvalue weighted by atomic mass is 32.2. The Morgan fingerprint density at radius 3 is 2.46 bits per heavy atom. The molecule has 138 valence electrons. The summed E-state index contributed by atoms with van der Waals surface area (Å²) in [6.45, 7) is 4.37. The van der Waals surface area contributed by atoms with Crippen molar-refractivity contribution in [3.8, 4) is 5.75 Å². The number of anilines is 2. The Balaban J connectivity index is 1.82. The summed E-state index contributed by atoms with van der Waals surface area (Å²) in [4.78, 5) is 14.2. The molecule has 0 atom stereocenters. The molecule has 1 N–H and O–H groups in total. The van der Waals surface area contributed by atoms with Crippen LogP contribution in [0.2, 0.25) is 0 Å². The van der Waals surface area contributed by atoms with Gasteiger partial charge in [-0.1, -0.05) is 13.8 Å². The van der Waals surface area contributed by atoms with Crippen molar-refractivity contribution < 1.29 is 17.9 Å². The lowest BCUT2D eigenvalue weighted by atomic mass is 10.1. The summed E-state index contributed by atoms with van der Waals surface area (Å²) < 4.78 is 32.7. The second-order valence-electron chi connectivity index (χ2n) is 6.52. The van der Waals surface area contributed by atoms with Crippen LogP contribution in [0.25, 0.3) is 0 Å². The van der Waals surface area contributed by atoms with E-state index in [-0.39, 0.29) is 16.7 Å². The molecule has 6 nitrogen and oxygen atoms in total. The van der Waals surface area contributed by atoms with Gasteiger partial charge in [-0.15, -0.1) is 0 Å². The number of rotatable bonds is 5. The normalized spacial score (nSPS) is 13.6. The van der Waals surface area contributed by atoms with Gasteiger partial charge < -0.3 is 9.64 Å². The maximum absolute atomic E-state index is 12.5. The van der Waals surface area contributed by atoms with Crippen molar-refractivity contribution >= 4 is 27.3 Å². The van der Waals surface area contributed by atoms with Crippen molar-refractivity contribution in [3.63, 3.8) is 0 Å². The molecular formula is C19H22N2O4S. The van der Waals surface area contributed by atoms with Crippen molar-refractivity contribution in [2.75, 3.05) is 23.3 Å². The first-order chi connectivity index (χ1) is 12.3. The fourth-order valence-corrected chi connectivity index (χ4v) is 4.02. The van der Waals surface area contributed by atoms with Crippen LogP contribution in [0.15, 0.2) is 47.4 Å². The number of carbonyl (C=O) groups excluding carboxylic acids is 1. The molecule has 0 aromatic heterocycles. The van der Waals surface area contributed by atoms with Crippen LogP contribution in [0.4, 0.5) is 11.4 Å². The number of carbonyl (C=O) groups is 1. The van der Waals surface area contributed by atoms with Gasteiger partial charge in [-0.3, -0.25) is 9.52 Å². The second kappa shape index (κ2) is 6.99. The number of hydrogen-bond donors (Lipinski definition) is 1. The summed E-state index contributed by atoms with van der Waals surface area (Å²) in [5.74, 6) is 0.598. The topological polar surface area (TPSA) is 75.7 Å². The van der Waals surface area contributed by atoms with E-state index in [4.69, 9.17) is 4.74 Å². The Bertz CT molecular complexity index is 921. The van der Waals surface area contributed by atoms with Crippen molar-refractivity contribution in [2.45, 2.75) is 25.2 Å². The predicted octanol–water partition coefficient (Wildman–Crippen LogP) is 3.04. The highest BCUT2D eigenvalue weighted by Gasteiger charge is 2.26. The number of hydrogen-bond acceptors (Lipinski definition) is 4. The van der Waals surface area contributed by atoms with Crippen molar-refractivity contribution in [1.82, 2.24) is 0 Å². The molecule has 2 aromatic rings. The largest absolute Gasteiger partial charge is 0.497 e. The zero-order valence-electron chi connectivity index (χ0n) is 15.0. The zero-order chi connectivity index (χ0) is 18.9. The van der Waals surface area contributed by atoms with Gasteiger partial charge >= 0.3 is 0 Å². The maximum atomic E-state index is 12.5. The van der Waals surface area contributed by atoms with E-state index in [0.717, 1.165) is 11.3 Å². The number of nitrogens with zero attached hydrogens (tertiary/aromatic N) is 1. The van der Waals surface area contributed by atoms with Crippen molar-refractivity contribution in [3.05, 3.63) is 48.0 Å². The van der Waals surface area contributed by atoms with E-state index in [1.165, 1.54) is 19.2 Å². The minimum Gasteiger partial charge on any atom is -0.497 e. The third kappa shape index (κ3) is 3.53. The van der Waals surface area contributed by atoms with Gasteiger partial charge in [0, 0.05) is 23.8 Å². The first-order valence-electron chi connectivity index (χ1n) is 8.43. The van der Waals surface area contributed by atoms with Crippen LogP contribution < -0.4 is 14.4 Å². The lowest BCUT2D eigenvalue weighted by Gasteiger charge is -2.19. The maximum Gasteiger partial charge on any atom is 0.261 e. The molecule has 26 heavy (non-hydrogen) atoms. The molecule has 0 saturated heterocycles. The third-order valence-electron chi connectivity index (χ3n) is 4.36. The van der Waals surface area contributed by atoms with Gasteiger partial charge in [-0.05, 0) is 54.4 Å². The van der Waals surface area contributed by atoms with Crippen LogP contribution >= 0.6 is 0 Å². The van der Waals surface area contributed by atoms with Gasteiger partial charge in [-0.2, -0.15) is 0 Å². The molecule has 0 spiro atoms. The molecule has 0 bridgehead atoms. The fourth-order valence-electron chi connectivity index (χ4n) is 2.97. The van der Waals surface area contributed by atoms with E-state index >= 15 is 0 Å². The highest BCUT2D eigenvalue weighted by Crippen LogP contribution is 2.32. The zero-order valence-corrected chi connectivity index (χ0v) is 15.8. The van der Waals surface area contributed by atoms with E-state index < -0.39 is 10.0 Å². The molecule has 0 radical (unpaired) electrons. The quantitative estimate of drug-likeness (QED) is 0.873. The van der Waals surface area contributed by atoms with Gasteiger partial charge in [0.05, 0.1) is 12.0 Å². The van der Waals surface area contributed by atoms with Crippen molar-refractivity contribution in [2.24, 2.45) is 5.92 Å². The Labute approximate surface area is 153 Å². The lowest BCUT2D eigenvalue weighted by molar-refractivity contribution is -0.121. The third-order valence-corrected chi connectivity index (χ3v) is 5.75. The molecular weight excluding hydrogens is 352 g/mol. The molecule has 0 fully saturated rings. The molecule has 0 unspecified atom stereocenters. The average Bonchev–Trinajstić information content (AvgIpc) is 3.03. The molecule has 3 rings (SSSR count). The molecule has 0 saturated carbocycles. The number of fused-ring (bicyclic) bond motifs is 1. The first-order valence-corrected chi connectivity index (χ1v) is 9.91. The van der Waals surface area contributed by atoms with Crippen LogP contribution in [0.1, 0.15) is 19.4 Å². The minimum atomic E-state index is -3.69. The van der Waals surface area contributed by atoms with Crippen LogP contribution in [0, 0.1) is 5.92 Å². The standard InChI is InChI=1S/C19H22N2O4S/c1-13(2)19(22)21-11-10-14-12-15(4-9-18(14)21)20-26(23,24)17-7-5-16(25-3)6-8-17/h4-9,12-13,20H,10-11H2,1-3H3. The number of methoxy groups -OCH3 is 1. The second-order valence-corrected chi connectivity index (χ2v) is 8.20. The van der Waals surface area contributed by atoms with Gasteiger partial charge in [-0.25, -0.2) is 8.42 Å². The van der Waals surface area contributed by atoms with Gasteiger partial charge in [0.15, 0.2) is 0 Å². The summed E-state index contributed by atoms with van der Waals surface area (Å²) in [5, 5.41) is 0. The summed E-state index contributed by atoms with van der Waals surface area (Å²) in [6.07, 6.45) is 0.714. The summed E-state index contributed by atoms with van der Waals surface area (Å²) in [7, 11) is -2.16. The SMILES string of the molecule is COc1ccc(S(=O)(=O)Nc2ccc3c(c2)CCN3C(=O)C(C)C)cc1. The Morgan fingerprint density at radius 1 is 1.15 bits per heavy atom. The summed E-state index contributed by atoms with van der Waals surface area (Å²) in [6, 6.07) is 11.5. The van der Waals surface area contributed by atoms with Gasteiger partial charge in [0.25, 0.3) is 10.0 Å². The van der Waals surface area contributed by atoms with Crippen LogP contribution in [-0.4, -0.2) is 28.0 Å². The molecule has 7 heteroatoms. The van der Waals surface area contributed by atoms with Crippen LogP contribution in [-0.2, 0) is 21.2 Å². The van der Waals surface area contributed by atoms with Crippen molar-refractivity contribution in [1.29, 1.82) is 0 Å². The predicted molar refractivity (Wildman–Crippen MR) is 101 cm³/mol. The molecule has 1 amide bonds. The number of ether oxygens (including phenoxy) is 1. The Kier molecular flexibility index (Phi) is 4.91. The molecule has 1 heterocycles. The van der Waals surface area contributed by atoms with E-state index in [2.05, 4.69) is 4.72 Å². The lowest BCUT2D eigenvalue weighted by Crippen LogP contribution is -2.32. The fraction of sp³-hybridized carbons (Fsp3) is 0.316. The smallest absolute Gasteiger partial charge is 0.261 e. The van der Waals surface area contributed by atoms with Crippen LogP contribution in [0.5, 0.6) is 5.75 Å². The summed E-state index contributed by atoms with van der Waals surface area (Å²) >= 11 is 0. The molecule has 1 aliphatic rings. The molecule has 0 aliphatic carbocycles. The number of sulfonamides is 1. The highest BCUT2D eigenvalue weighted by molar-refractivity contribution is 7.92. The Morgan fingerprint density at radius 2 is 1.85 bits per heavy atom. The van der Waals surface area contributed by atoms with E-state index in [1.54, 1.807) is 35.2 Å². The van der Waals surface area contributed by atoms with E-state index in [0.29, 0.717) is 24.4 Å². The number of amides is 1. The van der Waals surface area contributed by atoms with Gasteiger partial charge in [0.1, 0.15) is 5.75 Å². The van der Waals surface area contributed by atoms with Crippen LogP contribution in [0.3, 0.4) is 0 Å². The molecule has 2 aromatic carbocycles. The van der Waals surface area contributed by atoms with E-state index in [9.17, 15) is 13.2 Å². The summed E-state index contributed by atoms with van der Waals surface area (Å²) in [5.41, 5.74) is 2.31. The Hall–Kier alpha value is -2.54. The van der Waals surface area contributed by atoms with E-state index in [1.807, 2.05) is 13.8 Å². The molecule has 1 aliphatic heterocycles.